The molecule has 6 nitrogen and oxygen atoms in total. The maximum atomic E-state index is 12.3. The molecule has 0 saturated carbocycles. The van der Waals surface area contributed by atoms with Crippen LogP contribution in [-0.4, -0.2) is 32.6 Å². The van der Waals surface area contributed by atoms with Gasteiger partial charge in [0.25, 0.3) is 5.91 Å². The minimum absolute atomic E-state index is 0.125. The van der Waals surface area contributed by atoms with Crippen LogP contribution >= 0.6 is 0 Å². The zero-order valence-electron chi connectivity index (χ0n) is 15.4. The number of hydrogen-bond acceptors (Lipinski definition) is 4. The summed E-state index contributed by atoms with van der Waals surface area (Å²) in [5, 5.41) is 5.37. The molecule has 0 aliphatic carbocycles. The average Bonchev–Trinajstić information content (AvgIpc) is 2.70. The number of anilines is 1. The Morgan fingerprint density at radius 2 is 1.81 bits per heavy atom. The summed E-state index contributed by atoms with van der Waals surface area (Å²) in [6, 6.07) is 12.3. The molecule has 2 N–H and O–H groups in total. The molecule has 27 heavy (non-hydrogen) atoms. The number of ether oxygens (including phenoxy) is 2. The second-order valence-corrected chi connectivity index (χ2v) is 5.67. The Hall–Kier alpha value is -3.46. The van der Waals surface area contributed by atoms with Crippen LogP contribution in [0.5, 0.6) is 11.5 Å². The lowest BCUT2D eigenvalue weighted by atomic mass is 10.1. The van der Waals surface area contributed by atoms with E-state index < -0.39 is 0 Å². The predicted octanol–water partition coefficient (Wildman–Crippen LogP) is 2.64. The number of carbonyl (C=O) groups is 2. The van der Waals surface area contributed by atoms with E-state index in [0.29, 0.717) is 29.2 Å². The number of aryl methyl sites for hydroxylation is 1. The molecule has 0 bridgehead atoms. The molecule has 0 spiro atoms. The molecule has 0 radical (unpaired) electrons. The third kappa shape index (κ3) is 5.51. The van der Waals surface area contributed by atoms with Crippen molar-refractivity contribution in [3.05, 3.63) is 53.6 Å². The summed E-state index contributed by atoms with van der Waals surface area (Å²) in [4.78, 5) is 24.5. The molecule has 0 fully saturated rings. The van der Waals surface area contributed by atoms with E-state index in [9.17, 15) is 9.59 Å². The highest BCUT2D eigenvalue weighted by molar-refractivity contribution is 6.03. The maximum Gasteiger partial charge on any atom is 0.254 e. The monoisotopic (exact) mass is 366 g/mol. The molecule has 0 unspecified atom stereocenters. The van der Waals surface area contributed by atoms with Gasteiger partial charge in [0.2, 0.25) is 5.91 Å². The van der Waals surface area contributed by atoms with Crippen LogP contribution in [0.15, 0.2) is 42.5 Å². The van der Waals surface area contributed by atoms with Gasteiger partial charge in [-0.2, -0.15) is 0 Å². The van der Waals surface area contributed by atoms with Gasteiger partial charge in [0.15, 0.2) is 11.5 Å². The van der Waals surface area contributed by atoms with Gasteiger partial charge in [-0.25, -0.2) is 0 Å². The van der Waals surface area contributed by atoms with Crippen molar-refractivity contribution < 1.29 is 19.1 Å². The predicted molar refractivity (Wildman–Crippen MR) is 104 cm³/mol. The molecule has 140 valence electrons. The van der Waals surface area contributed by atoms with E-state index in [-0.39, 0.29) is 24.8 Å². The van der Waals surface area contributed by atoms with Crippen molar-refractivity contribution in [1.82, 2.24) is 5.32 Å². The number of methoxy groups -OCH3 is 2. The quantitative estimate of drug-likeness (QED) is 0.704. The van der Waals surface area contributed by atoms with Crippen LogP contribution in [0.25, 0.3) is 0 Å². The molecule has 2 aromatic rings. The fourth-order valence-electron chi connectivity index (χ4n) is 2.52. The summed E-state index contributed by atoms with van der Waals surface area (Å²) in [6.45, 7) is 0.125. The third-order valence-corrected chi connectivity index (χ3v) is 3.89. The van der Waals surface area contributed by atoms with Crippen molar-refractivity contribution in [1.29, 1.82) is 0 Å². The number of carbonyl (C=O) groups excluding carboxylic acids is 2. The molecule has 0 heterocycles. The SMILES string of the molecule is C#CCNC(=O)c1ccccc1NC(=O)CCc1ccc(OC)c(OC)c1. The zero-order valence-corrected chi connectivity index (χ0v) is 15.4. The lowest BCUT2D eigenvalue weighted by Crippen LogP contribution is -2.25. The van der Waals surface area contributed by atoms with Gasteiger partial charge in [0.05, 0.1) is 32.0 Å². The van der Waals surface area contributed by atoms with Gasteiger partial charge in [0.1, 0.15) is 0 Å². The molecule has 0 aliphatic rings. The van der Waals surface area contributed by atoms with Crippen LogP contribution < -0.4 is 20.1 Å². The lowest BCUT2D eigenvalue weighted by molar-refractivity contribution is -0.116. The third-order valence-electron chi connectivity index (χ3n) is 3.89. The van der Waals surface area contributed by atoms with Crippen LogP contribution in [0.2, 0.25) is 0 Å². The number of para-hydroxylation sites is 1. The summed E-state index contributed by atoms with van der Waals surface area (Å²) in [5.41, 5.74) is 1.76. The van der Waals surface area contributed by atoms with Crippen molar-refractivity contribution >= 4 is 17.5 Å². The van der Waals surface area contributed by atoms with E-state index in [1.807, 2.05) is 12.1 Å². The van der Waals surface area contributed by atoms with Crippen molar-refractivity contribution in [2.45, 2.75) is 12.8 Å². The molecule has 0 aliphatic heterocycles. The minimum Gasteiger partial charge on any atom is -0.493 e. The summed E-state index contributed by atoms with van der Waals surface area (Å²) in [6.07, 6.45) is 5.94. The fraction of sp³-hybridized carbons (Fsp3) is 0.238. The topological polar surface area (TPSA) is 76.7 Å². The van der Waals surface area contributed by atoms with Crippen molar-refractivity contribution in [2.24, 2.45) is 0 Å². The van der Waals surface area contributed by atoms with E-state index in [1.54, 1.807) is 44.6 Å². The van der Waals surface area contributed by atoms with Crippen molar-refractivity contribution in [3.8, 4) is 23.8 Å². The Bertz CT molecular complexity index is 856. The Labute approximate surface area is 158 Å². The molecule has 0 atom stereocenters. The number of rotatable bonds is 8. The summed E-state index contributed by atoms with van der Waals surface area (Å²) < 4.78 is 10.5. The number of terminal acetylenes is 1. The Kier molecular flexibility index (Phi) is 7.26. The molecule has 2 amide bonds. The average molecular weight is 366 g/mol. The number of amides is 2. The first kappa shape index (κ1) is 19.9. The van der Waals surface area contributed by atoms with Gasteiger partial charge in [-0.1, -0.05) is 24.1 Å². The molecular formula is C21H22N2O4. The van der Waals surface area contributed by atoms with Crippen LogP contribution in [0.3, 0.4) is 0 Å². The van der Waals surface area contributed by atoms with Gasteiger partial charge >= 0.3 is 0 Å². The van der Waals surface area contributed by atoms with Gasteiger partial charge in [-0.15, -0.1) is 6.42 Å². The van der Waals surface area contributed by atoms with E-state index in [4.69, 9.17) is 15.9 Å². The number of hydrogen-bond donors (Lipinski definition) is 2. The molecular weight excluding hydrogens is 344 g/mol. The molecule has 2 rings (SSSR count). The zero-order chi connectivity index (χ0) is 19.6. The van der Waals surface area contributed by atoms with Crippen LogP contribution in [0, 0.1) is 12.3 Å². The van der Waals surface area contributed by atoms with Crippen LogP contribution in [-0.2, 0) is 11.2 Å². The highest BCUT2D eigenvalue weighted by atomic mass is 16.5. The first-order chi connectivity index (χ1) is 13.1. The largest absolute Gasteiger partial charge is 0.493 e. The maximum absolute atomic E-state index is 12.3. The van der Waals surface area contributed by atoms with Crippen molar-refractivity contribution in [2.75, 3.05) is 26.1 Å². The Balaban J connectivity index is 2.00. The molecule has 0 aromatic heterocycles. The standard InChI is InChI=1S/C21H22N2O4/c1-4-13-22-21(25)16-7-5-6-8-17(16)23-20(24)12-10-15-9-11-18(26-2)19(14-15)27-3/h1,5-9,11,14H,10,12-13H2,2-3H3,(H,22,25)(H,23,24). The minimum atomic E-state index is -0.330. The molecule has 2 aromatic carbocycles. The lowest BCUT2D eigenvalue weighted by Gasteiger charge is -2.11. The second kappa shape index (κ2) is 9.88. The van der Waals surface area contributed by atoms with Gasteiger partial charge < -0.3 is 20.1 Å². The number of benzene rings is 2. The second-order valence-electron chi connectivity index (χ2n) is 5.67. The first-order valence-corrected chi connectivity index (χ1v) is 8.40. The van der Waals surface area contributed by atoms with Gasteiger partial charge in [-0.05, 0) is 36.2 Å². The van der Waals surface area contributed by atoms with E-state index in [0.717, 1.165) is 5.56 Å². The smallest absolute Gasteiger partial charge is 0.254 e. The van der Waals surface area contributed by atoms with E-state index >= 15 is 0 Å². The summed E-state index contributed by atoms with van der Waals surface area (Å²) in [7, 11) is 3.14. The Morgan fingerprint density at radius 3 is 2.52 bits per heavy atom. The van der Waals surface area contributed by atoms with E-state index in [2.05, 4.69) is 16.6 Å². The van der Waals surface area contributed by atoms with Crippen LogP contribution in [0.1, 0.15) is 22.3 Å². The molecule has 6 heteroatoms. The van der Waals surface area contributed by atoms with Crippen molar-refractivity contribution in [3.63, 3.8) is 0 Å². The summed E-state index contributed by atoms with van der Waals surface area (Å²) in [5.74, 6) is 3.08. The highest BCUT2D eigenvalue weighted by Gasteiger charge is 2.13. The fourth-order valence-corrected chi connectivity index (χ4v) is 2.52. The van der Waals surface area contributed by atoms with Gasteiger partial charge in [0, 0.05) is 6.42 Å². The first-order valence-electron chi connectivity index (χ1n) is 8.40. The normalized spacial score (nSPS) is 9.81. The highest BCUT2D eigenvalue weighted by Crippen LogP contribution is 2.28. The van der Waals surface area contributed by atoms with E-state index in [1.165, 1.54) is 0 Å². The van der Waals surface area contributed by atoms with Gasteiger partial charge in [-0.3, -0.25) is 9.59 Å². The Morgan fingerprint density at radius 1 is 1.07 bits per heavy atom. The molecule has 0 saturated heterocycles. The summed E-state index contributed by atoms with van der Waals surface area (Å²) >= 11 is 0. The van der Waals surface area contributed by atoms with Crippen LogP contribution in [0.4, 0.5) is 5.69 Å². The number of nitrogens with one attached hydrogen (secondary N) is 2.